The number of ether oxygens (including phenoxy) is 1. The van der Waals surface area contributed by atoms with Crippen LogP contribution in [-0.4, -0.2) is 43.0 Å². The number of nitrogens with zero attached hydrogens (tertiary/aromatic N) is 1. The number of likely N-dealkylation sites (tertiary alicyclic amines) is 1. The van der Waals surface area contributed by atoms with Crippen molar-refractivity contribution >= 4 is 23.2 Å². The topological polar surface area (TPSA) is 71.8 Å². The van der Waals surface area contributed by atoms with Crippen LogP contribution in [0.1, 0.15) is 21.2 Å². The second-order valence-corrected chi connectivity index (χ2v) is 7.76. The molecule has 2 fully saturated rings. The molecule has 0 aromatic carbocycles. The van der Waals surface area contributed by atoms with Gasteiger partial charge in [0.15, 0.2) is 5.76 Å². The number of nitrogens with one attached hydrogen (secondary N) is 1. The quantitative estimate of drug-likeness (QED) is 0.906. The van der Waals surface area contributed by atoms with Crippen LogP contribution in [0.2, 0.25) is 0 Å². The van der Waals surface area contributed by atoms with Crippen molar-refractivity contribution in [2.75, 3.05) is 26.3 Å². The number of hydrogen-bond acceptors (Lipinski definition) is 5. The van der Waals surface area contributed by atoms with E-state index in [0.29, 0.717) is 44.4 Å². The molecule has 1 N–H and O–H groups in total. The van der Waals surface area contributed by atoms with Gasteiger partial charge in [0.05, 0.1) is 25.2 Å². The summed E-state index contributed by atoms with van der Waals surface area (Å²) in [7, 11) is 0. The van der Waals surface area contributed by atoms with Crippen LogP contribution in [-0.2, 0) is 16.1 Å². The van der Waals surface area contributed by atoms with Gasteiger partial charge in [0.2, 0.25) is 5.91 Å². The predicted molar refractivity (Wildman–Crippen MR) is 92.3 cm³/mol. The number of aryl methyl sites for hydroxylation is 1. The van der Waals surface area contributed by atoms with Crippen LogP contribution >= 0.6 is 11.3 Å². The van der Waals surface area contributed by atoms with E-state index in [1.54, 1.807) is 28.4 Å². The standard InChI is InChI=1S/C18H20N2O4S/c1-12-4-5-15(24-12)16(21)20-8-13-9-23-11-18(13,10-20)17(22)19-7-14-3-2-6-25-14/h2-6,13H,7-11H2,1H3,(H,19,22)/t13-,18-/m1/s1. The van der Waals surface area contributed by atoms with Gasteiger partial charge in [-0.05, 0) is 30.5 Å². The number of furan rings is 1. The Morgan fingerprint density at radius 2 is 2.28 bits per heavy atom. The lowest BCUT2D eigenvalue weighted by atomic mass is 9.80. The summed E-state index contributed by atoms with van der Waals surface area (Å²) in [5, 5.41) is 5.01. The molecule has 2 amide bonds. The van der Waals surface area contributed by atoms with Crippen molar-refractivity contribution in [2.45, 2.75) is 13.5 Å². The fraction of sp³-hybridized carbons (Fsp3) is 0.444. The summed E-state index contributed by atoms with van der Waals surface area (Å²) >= 11 is 1.61. The average Bonchev–Trinajstić information content (AvgIpc) is 3.35. The summed E-state index contributed by atoms with van der Waals surface area (Å²) in [4.78, 5) is 28.4. The minimum Gasteiger partial charge on any atom is -0.456 e. The van der Waals surface area contributed by atoms with Crippen molar-refractivity contribution in [1.29, 1.82) is 0 Å². The highest BCUT2D eigenvalue weighted by atomic mass is 32.1. The van der Waals surface area contributed by atoms with E-state index in [0.717, 1.165) is 4.88 Å². The lowest BCUT2D eigenvalue weighted by molar-refractivity contribution is -0.131. The zero-order valence-corrected chi connectivity index (χ0v) is 14.8. The normalized spacial score (nSPS) is 25.2. The van der Waals surface area contributed by atoms with Gasteiger partial charge >= 0.3 is 0 Å². The van der Waals surface area contributed by atoms with E-state index < -0.39 is 5.41 Å². The van der Waals surface area contributed by atoms with Crippen molar-refractivity contribution in [1.82, 2.24) is 10.2 Å². The lowest BCUT2D eigenvalue weighted by Crippen LogP contribution is -2.46. The highest BCUT2D eigenvalue weighted by molar-refractivity contribution is 7.09. The van der Waals surface area contributed by atoms with Gasteiger partial charge in [0, 0.05) is 23.9 Å². The Morgan fingerprint density at radius 3 is 3.00 bits per heavy atom. The number of amides is 2. The molecule has 132 valence electrons. The molecule has 2 aliphatic rings. The molecule has 2 aromatic rings. The minimum atomic E-state index is -0.658. The summed E-state index contributed by atoms with van der Waals surface area (Å²) < 4.78 is 11.0. The molecule has 2 aliphatic heterocycles. The van der Waals surface area contributed by atoms with Crippen LogP contribution in [0.3, 0.4) is 0 Å². The molecule has 4 heterocycles. The smallest absolute Gasteiger partial charge is 0.289 e. The zero-order valence-electron chi connectivity index (χ0n) is 14.0. The molecule has 2 atom stereocenters. The largest absolute Gasteiger partial charge is 0.456 e. The number of hydrogen-bond donors (Lipinski definition) is 1. The van der Waals surface area contributed by atoms with Gasteiger partial charge in [-0.15, -0.1) is 11.3 Å². The Morgan fingerprint density at radius 1 is 1.40 bits per heavy atom. The van der Waals surface area contributed by atoms with Crippen molar-refractivity contribution in [2.24, 2.45) is 11.3 Å². The summed E-state index contributed by atoms with van der Waals surface area (Å²) in [5.74, 6) is 0.861. The Hall–Kier alpha value is -2.12. The molecule has 0 saturated carbocycles. The van der Waals surface area contributed by atoms with E-state index in [1.807, 2.05) is 24.4 Å². The van der Waals surface area contributed by atoms with E-state index in [2.05, 4.69) is 5.32 Å². The van der Waals surface area contributed by atoms with Crippen molar-refractivity contribution in [3.05, 3.63) is 46.0 Å². The summed E-state index contributed by atoms with van der Waals surface area (Å²) in [6.07, 6.45) is 0. The predicted octanol–water partition coefficient (Wildman–Crippen LogP) is 2.05. The molecule has 2 aromatic heterocycles. The van der Waals surface area contributed by atoms with Gasteiger partial charge < -0.3 is 19.4 Å². The second kappa shape index (κ2) is 6.31. The first-order chi connectivity index (χ1) is 12.1. The van der Waals surface area contributed by atoms with Crippen LogP contribution in [0.15, 0.2) is 34.1 Å². The van der Waals surface area contributed by atoms with Crippen molar-refractivity contribution in [3.8, 4) is 0 Å². The third kappa shape index (κ3) is 2.87. The van der Waals surface area contributed by atoms with Crippen LogP contribution in [0, 0.1) is 18.3 Å². The Bertz CT molecular complexity index is 785. The molecule has 25 heavy (non-hydrogen) atoms. The molecule has 4 rings (SSSR count). The minimum absolute atomic E-state index is 0.0239. The maximum atomic E-state index is 12.9. The first kappa shape index (κ1) is 16.4. The first-order valence-corrected chi connectivity index (χ1v) is 9.20. The van der Waals surface area contributed by atoms with Crippen molar-refractivity contribution < 1.29 is 18.7 Å². The van der Waals surface area contributed by atoms with Gasteiger partial charge in [-0.1, -0.05) is 6.07 Å². The molecule has 0 unspecified atom stereocenters. The van der Waals surface area contributed by atoms with Gasteiger partial charge in [-0.3, -0.25) is 9.59 Å². The number of thiophene rings is 1. The summed E-state index contributed by atoms with van der Waals surface area (Å²) in [6, 6.07) is 7.42. The monoisotopic (exact) mass is 360 g/mol. The lowest BCUT2D eigenvalue weighted by Gasteiger charge is -2.25. The maximum absolute atomic E-state index is 12.9. The maximum Gasteiger partial charge on any atom is 0.289 e. The molecular weight excluding hydrogens is 340 g/mol. The van der Waals surface area contributed by atoms with Gasteiger partial charge in [0.1, 0.15) is 5.76 Å². The fourth-order valence-corrected chi connectivity index (χ4v) is 4.32. The van der Waals surface area contributed by atoms with E-state index in [1.165, 1.54) is 0 Å². The number of fused-ring (bicyclic) bond motifs is 1. The van der Waals surface area contributed by atoms with E-state index in [-0.39, 0.29) is 17.7 Å². The fourth-order valence-electron chi connectivity index (χ4n) is 3.67. The highest BCUT2D eigenvalue weighted by Crippen LogP contribution is 2.42. The third-order valence-electron chi connectivity index (χ3n) is 5.07. The van der Waals surface area contributed by atoms with Crippen LogP contribution in [0.4, 0.5) is 0 Å². The van der Waals surface area contributed by atoms with Crippen LogP contribution in [0.5, 0.6) is 0 Å². The number of carbonyl (C=O) groups is 2. The summed E-state index contributed by atoms with van der Waals surface area (Å²) in [5.41, 5.74) is -0.658. The van der Waals surface area contributed by atoms with E-state index in [4.69, 9.17) is 9.15 Å². The number of carbonyl (C=O) groups excluding carboxylic acids is 2. The van der Waals surface area contributed by atoms with Crippen LogP contribution in [0.25, 0.3) is 0 Å². The molecule has 0 bridgehead atoms. The molecule has 0 radical (unpaired) electrons. The van der Waals surface area contributed by atoms with Gasteiger partial charge in [-0.25, -0.2) is 0 Å². The Labute approximate surface area is 149 Å². The number of rotatable bonds is 4. The Kier molecular flexibility index (Phi) is 4.13. The highest BCUT2D eigenvalue weighted by Gasteiger charge is 2.56. The Balaban J connectivity index is 1.48. The molecule has 0 spiro atoms. The van der Waals surface area contributed by atoms with Gasteiger partial charge in [-0.2, -0.15) is 0 Å². The second-order valence-electron chi connectivity index (χ2n) is 6.73. The third-order valence-corrected chi connectivity index (χ3v) is 5.94. The summed E-state index contributed by atoms with van der Waals surface area (Å²) in [6.45, 7) is 4.07. The van der Waals surface area contributed by atoms with Gasteiger partial charge in [0.25, 0.3) is 5.91 Å². The molecule has 2 saturated heterocycles. The molecule has 7 heteroatoms. The molecule has 6 nitrogen and oxygen atoms in total. The van der Waals surface area contributed by atoms with E-state index >= 15 is 0 Å². The van der Waals surface area contributed by atoms with Crippen LogP contribution < -0.4 is 5.32 Å². The average molecular weight is 360 g/mol. The molecular formula is C18H20N2O4S. The van der Waals surface area contributed by atoms with E-state index in [9.17, 15) is 9.59 Å². The zero-order chi connectivity index (χ0) is 17.4. The SMILES string of the molecule is Cc1ccc(C(=O)N2C[C@@H]3COC[C@]3(C(=O)NCc3cccs3)C2)o1. The first-order valence-electron chi connectivity index (χ1n) is 8.33. The molecule has 0 aliphatic carbocycles. The van der Waals surface area contributed by atoms with Crippen molar-refractivity contribution in [3.63, 3.8) is 0 Å².